The van der Waals surface area contributed by atoms with Crippen molar-refractivity contribution in [1.29, 1.82) is 0 Å². The smallest absolute Gasteiger partial charge is 0.281 e. The van der Waals surface area contributed by atoms with E-state index in [1.807, 2.05) is 25.1 Å². The van der Waals surface area contributed by atoms with Gasteiger partial charge in [-0.3, -0.25) is 4.90 Å². The first-order valence-electron chi connectivity index (χ1n) is 8.89. The lowest BCUT2D eigenvalue weighted by molar-refractivity contribution is 0.104. The van der Waals surface area contributed by atoms with Gasteiger partial charge in [-0.2, -0.15) is 4.91 Å². The van der Waals surface area contributed by atoms with E-state index in [0.29, 0.717) is 36.4 Å². The fourth-order valence-corrected chi connectivity index (χ4v) is 4.27. The Morgan fingerprint density at radius 1 is 1.37 bits per heavy atom. The molecule has 0 aromatic carbocycles. The number of hydrogen-bond acceptors (Lipinski definition) is 7. The van der Waals surface area contributed by atoms with Crippen LogP contribution in [0.4, 0.5) is 8.78 Å². The predicted molar refractivity (Wildman–Crippen MR) is 99.2 cm³/mol. The van der Waals surface area contributed by atoms with Crippen LogP contribution in [0.15, 0.2) is 28.9 Å². The molecule has 0 N–H and O–H groups in total. The van der Waals surface area contributed by atoms with E-state index in [9.17, 15) is 13.7 Å². The Hall–Kier alpha value is -2.00. The van der Waals surface area contributed by atoms with Crippen LogP contribution < -0.4 is 4.74 Å². The van der Waals surface area contributed by atoms with Gasteiger partial charge in [0.05, 0.1) is 23.0 Å². The molecule has 1 atom stereocenters. The number of likely N-dealkylation sites (tertiary alicyclic amines) is 1. The van der Waals surface area contributed by atoms with Gasteiger partial charge in [-0.25, -0.2) is 18.7 Å². The lowest BCUT2D eigenvalue weighted by Gasteiger charge is -2.36. The highest BCUT2D eigenvalue weighted by Gasteiger charge is 2.31. The number of hydrogen-bond donors (Lipinski definition) is 0. The van der Waals surface area contributed by atoms with Gasteiger partial charge >= 0.3 is 0 Å². The van der Waals surface area contributed by atoms with Crippen LogP contribution in [0.25, 0.3) is 0 Å². The average Bonchev–Trinajstić information content (AvgIpc) is 3.15. The summed E-state index contributed by atoms with van der Waals surface area (Å²) in [6.07, 6.45) is -0.915. The minimum atomic E-state index is -2.65. The van der Waals surface area contributed by atoms with E-state index < -0.39 is 12.5 Å². The Bertz CT molecular complexity index is 750. The van der Waals surface area contributed by atoms with E-state index in [1.54, 1.807) is 0 Å². The molecule has 1 aliphatic heterocycles. The Labute approximate surface area is 160 Å². The molecular weight excluding hydrogens is 374 g/mol. The summed E-state index contributed by atoms with van der Waals surface area (Å²) in [5, 5.41) is 2.98. The van der Waals surface area contributed by atoms with Crippen LogP contribution in [0, 0.1) is 17.7 Å². The molecule has 2 aromatic rings. The number of aryl methyl sites for hydroxylation is 1. The molecule has 1 unspecified atom stereocenters. The minimum absolute atomic E-state index is 0.0453. The van der Waals surface area contributed by atoms with Crippen molar-refractivity contribution in [3.63, 3.8) is 0 Å². The number of ether oxygens (including phenoxy) is 1. The molecule has 9 heteroatoms. The second-order valence-corrected chi connectivity index (χ2v) is 7.52. The minimum Gasteiger partial charge on any atom is -0.477 e. The third-order valence-corrected chi connectivity index (χ3v) is 5.75. The summed E-state index contributed by atoms with van der Waals surface area (Å²) in [6, 6.07) is 5.23. The molecule has 0 aliphatic carbocycles. The lowest BCUT2D eigenvalue weighted by Crippen LogP contribution is -2.39. The van der Waals surface area contributed by atoms with Crippen molar-refractivity contribution in [1.82, 2.24) is 14.9 Å². The first-order valence-corrected chi connectivity index (χ1v) is 9.77. The van der Waals surface area contributed by atoms with Crippen LogP contribution in [0.2, 0.25) is 0 Å². The number of pyridine rings is 1. The van der Waals surface area contributed by atoms with Crippen LogP contribution in [0.5, 0.6) is 5.88 Å². The monoisotopic (exact) mass is 396 g/mol. The molecule has 1 aliphatic rings. The van der Waals surface area contributed by atoms with E-state index in [4.69, 9.17) is 4.74 Å². The molecular formula is C18H22F2N4O2S. The molecule has 1 saturated heterocycles. The summed E-state index contributed by atoms with van der Waals surface area (Å²) in [6.45, 7) is 3.85. The fourth-order valence-electron chi connectivity index (χ4n) is 3.34. The molecule has 3 heterocycles. The number of nitrogens with zero attached hydrogens (tertiary/aromatic N) is 4. The lowest BCUT2D eigenvalue weighted by atomic mass is 9.96. The quantitative estimate of drug-likeness (QED) is 0.620. The topological polar surface area (TPSA) is 67.7 Å². The number of rotatable bonds is 8. The molecule has 1 fully saturated rings. The number of halogens is 2. The Balaban J connectivity index is 1.57. The van der Waals surface area contributed by atoms with Crippen LogP contribution in [0.3, 0.4) is 0 Å². The zero-order valence-electron chi connectivity index (χ0n) is 15.1. The third-order valence-electron chi connectivity index (χ3n) is 4.80. The van der Waals surface area contributed by atoms with Crippen LogP contribution in [0.1, 0.15) is 41.6 Å². The maximum absolute atomic E-state index is 13.2. The van der Waals surface area contributed by atoms with Crippen molar-refractivity contribution in [2.24, 2.45) is 11.1 Å². The number of nitroso groups, excluding NO2 is 1. The maximum atomic E-state index is 13.2. The summed E-state index contributed by atoms with van der Waals surface area (Å²) >= 11 is 1.16. The molecule has 6 nitrogen and oxygen atoms in total. The van der Waals surface area contributed by atoms with Crippen LogP contribution in [-0.2, 0) is 0 Å². The highest BCUT2D eigenvalue weighted by atomic mass is 32.1. The fraction of sp³-hybridized carbons (Fsp3) is 0.556. The second-order valence-electron chi connectivity index (χ2n) is 6.64. The Morgan fingerprint density at radius 2 is 2.15 bits per heavy atom. The van der Waals surface area contributed by atoms with Crippen LogP contribution in [-0.4, -0.2) is 41.1 Å². The summed E-state index contributed by atoms with van der Waals surface area (Å²) in [4.78, 5) is 21.5. The molecule has 0 saturated carbocycles. The van der Waals surface area contributed by atoms with E-state index in [1.165, 1.54) is 5.51 Å². The van der Waals surface area contributed by atoms with Gasteiger partial charge in [0.1, 0.15) is 12.2 Å². The first kappa shape index (κ1) is 19.8. The normalized spacial score (nSPS) is 17.2. The van der Waals surface area contributed by atoms with Crippen molar-refractivity contribution in [3.8, 4) is 5.88 Å². The van der Waals surface area contributed by atoms with Gasteiger partial charge in [-0.15, -0.1) is 11.3 Å². The molecule has 0 spiro atoms. The number of thiazole rings is 1. The number of alkyl halides is 2. The van der Waals surface area contributed by atoms with Crippen molar-refractivity contribution in [2.45, 2.75) is 32.2 Å². The number of piperidine rings is 1. The van der Waals surface area contributed by atoms with Gasteiger partial charge in [-0.05, 0) is 44.8 Å². The van der Waals surface area contributed by atoms with E-state index in [2.05, 4.69) is 20.0 Å². The van der Waals surface area contributed by atoms with Gasteiger partial charge in [0.15, 0.2) is 0 Å². The predicted octanol–water partition coefficient (Wildman–Crippen LogP) is 4.38. The summed E-state index contributed by atoms with van der Waals surface area (Å²) in [5.74, 6) is 0.983. The van der Waals surface area contributed by atoms with Crippen molar-refractivity contribution in [2.75, 3.05) is 26.2 Å². The average molecular weight is 396 g/mol. The van der Waals surface area contributed by atoms with Gasteiger partial charge in [-0.1, -0.05) is 11.2 Å². The van der Waals surface area contributed by atoms with Gasteiger partial charge in [0.25, 0.3) is 6.43 Å². The molecule has 27 heavy (non-hydrogen) atoms. The first-order chi connectivity index (χ1) is 13.1. The summed E-state index contributed by atoms with van der Waals surface area (Å²) in [7, 11) is 0. The maximum Gasteiger partial charge on any atom is 0.281 e. The molecule has 0 bridgehead atoms. The SMILES string of the molecule is Cc1cccc(OCC2CCN(C(CN=O)c3scnc3C(F)F)CC2)n1. The van der Waals surface area contributed by atoms with E-state index in [-0.39, 0.29) is 12.2 Å². The molecule has 146 valence electrons. The van der Waals surface area contributed by atoms with E-state index in [0.717, 1.165) is 29.9 Å². The Morgan fingerprint density at radius 3 is 2.81 bits per heavy atom. The summed E-state index contributed by atoms with van der Waals surface area (Å²) in [5.41, 5.74) is 2.08. The summed E-state index contributed by atoms with van der Waals surface area (Å²) < 4.78 is 32.1. The highest BCUT2D eigenvalue weighted by Crippen LogP contribution is 2.35. The number of aromatic nitrogens is 2. The van der Waals surface area contributed by atoms with Gasteiger partial charge in [0.2, 0.25) is 5.88 Å². The molecule has 3 rings (SSSR count). The van der Waals surface area contributed by atoms with Crippen molar-refractivity contribution < 1.29 is 13.5 Å². The van der Waals surface area contributed by atoms with Gasteiger partial charge in [0, 0.05) is 11.8 Å². The molecule has 0 amide bonds. The largest absolute Gasteiger partial charge is 0.477 e. The standard InChI is InChI=1S/C18H22F2N4O2S/c1-12-3-2-4-15(23-12)26-10-13-5-7-24(8-6-13)14(9-22-25)17-16(18(19)20)21-11-27-17/h2-4,11,13-14,18H,5-10H2,1H3. The van der Waals surface area contributed by atoms with E-state index >= 15 is 0 Å². The van der Waals surface area contributed by atoms with Crippen LogP contribution >= 0.6 is 11.3 Å². The zero-order chi connectivity index (χ0) is 19.2. The van der Waals surface area contributed by atoms with Crippen molar-refractivity contribution in [3.05, 3.63) is 44.9 Å². The van der Waals surface area contributed by atoms with Crippen molar-refractivity contribution >= 4 is 11.3 Å². The second kappa shape index (κ2) is 9.27. The molecule has 2 aromatic heterocycles. The molecule has 0 radical (unpaired) electrons. The Kier molecular flexibility index (Phi) is 6.78. The highest BCUT2D eigenvalue weighted by molar-refractivity contribution is 7.09. The van der Waals surface area contributed by atoms with Gasteiger partial charge < -0.3 is 4.74 Å². The zero-order valence-corrected chi connectivity index (χ0v) is 15.9. The third kappa shape index (κ3) is 5.04.